The molecule has 0 aliphatic heterocycles. The number of benzene rings is 2. The summed E-state index contributed by atoms with van der Waals surface area (Å²) < 4.78 is 21.7. The number of aryl methyl sites for hydroxylation is 2. The van der Waals surface area contributed by atoms with E-state index in [0.29, 0.717) is 11.0 Å². The van der Waals surface area contributed by atoms with Crippen LogP contribution in [0.5, 0.6) is 5.75 Å². The highest BCUT2D eigenvalue weighted by atomic mass is 19.1. The standard InChI is InChI=1S/C19H16FN3O/c1-11-18-12(2)22-19(13-7-4-5-10-16(13)24-3)23(18)15-9-6-8-14(20)17(15)21-11/h4-10H,1-3H3. The first-order valence-corrected chi connectivity index (χ1v) is 7.69. The molecular weight excluding hydrogens is 305 g/mol. The highest BCUT2D eigenvalue weighted by Gasteiger charge is 2.19. The molecule has 0 amide bonds. The van der Waals surface area contributed by atoms with Gasteiger partial charge in [-0.2, -0.15) is 0 Å². The van der Waals surface area contributed by atoms with E-state index in [-0.39, 0.29) is 5.82 Å². The van der Waals surface area contributed by atoms with E-state index >= 15 is 0 Å². The molecule has 0 aliphatic rings. The number of halogens is 1. The number of para-hydroxylation sites is 2. The van der Waals surface area contributed by atoms with E-state index in [2.05, 4.69) is 4.98 Å². The van der Waals surface area contributed by atoms with Gasteiger partial charge in [0, 0.05) is 0 Å². The minimum Gasteiger partial charge on any atom is -0.496 e. The lowest BCUT2D eigenvalue weighted by Crippen LogP contribution is -1.99. The summed E-state index contributed by atoms with van der Waals surface area (Å²) in [7, 11) is 1.63. The van der Waals surface area contributed by atoms with Crippen LogP contribution in [0.3, 0.4) is 0 Å². The normalized spacial score (nSPS) is 11.3. The Morgan fingerprint density at radius 1 is 0.958 bits per heavy atom. The number of rotatable bonds is 2. The van der Waals surface area contributed by atoms with Crippen LogP contribution >= 0.6 is 0 Å². The van der Waals surface area contributed by atoms with E-state index in [1.807, 2.05) is 48.6 Å². The number of hydrogen-bond acceptors (Lipinski definition) is 3. The smallest absolute Gasteiger partial charge is 0.150 e. The molecule has 0 unspecified atom stereocenters. The van der Waals surface area contributed by atoms with Crippen LogP contribution in [0.25, 0.3) is 27.9 Å². The van der Waals surface area contributed by atoms with E-state index in [0.717, 1.165) is 34.0 Å². The van der Waals surface area contributed by atoms with Crippen molar-refractivity contribution in [2.24, 2.45) is 0 Å². The van der Waals surface area contributed by atoms with Gasteiger partial charge in [-0.1, -0.05) is 18.2 Å². The van der Waals surface area contributed by atoms with Crippen molar-refractivity contribution in [1.29, 1.82) is 0 Å². The van der Waals surface area contributed by atoms with Gasteiger partial charge >= 0.3 is 0 Å². The Morgan fingerprint density at radius 2 is 1.71 bits per heavy atom. The SMILES string of the molecule is COc1ccccc1-c1nc(C)c2c(C)nc3c(F)cccc3n12. The van der Waals surface area contributed by atoms with Gasteiger partial charge < -0.3 is 4.74 Å². The van der Waals surface area contributed by atoms with Crippen LogP contribution in [0, 0.1) is 19.7 Å². The van der Waals surface area contributed by atoms with E-state index in [9.17, 15) is 4.39 Å². The van der Waals surface area contributed by atoms with Crippen molar-refractivity contribution >= 4 is 16.6 Å². The Morgan fingerprint density at radius 3 is 2.50 bits per heavy atom. The molecular formula is C19H16FN3O. The molecule has 0 spiro atoms. The molecule has 0 radical (unpaired) electrons. The molecule has 2 aromatic heterocycles. The van der Waals surface area contributed by atoms with Crippen molar-refractivity contribution in [3.8, 4) is 17.1 Å². The number of fused-ring (bicyclic) bond motifs is 3. The molecule has 0 atom stereocenters. The Kier molecular flexibility index (Phi) is 3.23. The van der Waals surface area contributed by atoms with Crippen LogP contribution < -0.4 is 4.74 Å². The lowest BCUT2D eigenvalue weighted by atomic mass is 10.2. The molecule has 2 aromatic carbocycles. The Bertz CT molecular complexity index is 1090. The quantitative estimate of drug-likeness (QED) is 0.552. The first kappa shape index (κ1) is 14.6. The molecule has 24 heavy (non-hydrogen) atoms. The van der Waals surface area contributed by atoms with Crippen molar-refractivity contribution in [2.75, 3.05) is 7.11 Å². The maximum Gasteiger partial charge on any atom is 0.150 e. The first-order valence-electron chi connectivity index (χ1n) is 7.69. The van der Waals surface area contributed by atoms with Gasteiger partial charge in [0.05, 0.1) is 35.1 Å². The topological polar surface area (TPSA) is 39.4 Å². The fourth-order valence-electron chi connectivity index (χ4n) is 3.21. The molecule has 4 aromatic rings. The fourth-order valence-corrected chi connectivity index (χ4v) is 3.21. The van der Waals surface area contributed by atoms with Crippen LogP contribution in [0.1, 0.15) is 11.4 Å². The minimum atomic E-state index is -0.338. The number of methoxy groups -OCH3 is 1. The summed E-state index contributed by atoms with van der Waals surface area (Å²) in [5, 5.41) is 0. The molecule has 4 rings (SSSR count). The maximum absolute atomic E-state index is 14.3. The van der Waals surface area contributed by atoms with E-state index < -0.39 is 0 Å². The van der Waals surface area contributed by atoms with Gasteiger partial charge in [-0.3, -0.25) is 4.40 Å². The summed E-state index contributed by atoms with van der Waals surface area (Å²) in [6, 6.07) is 12.7. The van der Waals surface area contributed by atoms with Crippen molar-refractivity contribution in [2.45, 2.75) is 13.8 Å². The van der Waals surface area contributed by atoms with E-state index in [1.165, 1.54) is 6.07 Å². The highest BCUT2D eigenvalue weighted by Crippen LogP contribution is 2.33. The van der Waals surface area contributed by atoms with Crippen molar-refractivity contribution in [3.63, 3.8) is 0 Å². The molecule has 5 heteroatoms. The predicted octanol–water partition coefficient (Wildman–Crippen LogP) is 4.31. The largest absolute Gasteiger partial charge is 0.496 e. The second kappa shape index (κ2) is 5.30. The van der Waals surface area contributed by atoms with Gasteiger partial charge in [0.15, 0.2) is 5.82 Å². The third kappa shape index (κ3) is 1.98. The first-order chi connectivity index (χ1) is 11.6. The molecule has 120 valence electrons. The van der Waals surface area contributed by atoms with Crippen molar-refractivity contribution < 1.29 is 9.13 Å². The zero-order chi connectivity index (χ0) is 16.8. The minimum absolute atomic E-state index is 0.338. The van der Waals surface area contributed by atoms with Gasteiger partial charge in [-0.05, 0) is 38.1 Å². The van der Waals surface area contributed by atoms with Crippen molar-refractivity contribution in [1.82, 2.24) is 14.4 Å². The number of imidazole rings is 1. The monoisotopic (exact) mass is 321 g/mol. The highest BCUT2D eigenvalue weighted by molar-refractivity contribution is 5.84. The van der Waals surface area contributed by atoms with Crippen LogP contribution in [0.4, 0.5) is 4.39 Å². The predicted molar refractivity (Wildman–Crippen MR) is 91.9 cm³/mol. The van der Waals surface area contributed by atoms with Crippen molar-refractivity contribution in [3.05, 3.63) is 59.7 Å². The van der Waals surface area contributed by atoms with Crippen LogP contribution in [-0.4, -0.2) is 21.5 Å². The maximum atomic E-state index is 14.3. The van der Waals surface area contributed by atoms with Crippen LogP contribution in [-0.2, 0) is 0 Å². The van der Waals surface area contributed by atoms with Gasteiger partial charge in [0.25, 0.3) is 0 Å². The van der Waals surface area contributed by atoms with Gasteiger partial charge in [-0.15, -0.1) is 0 Å². The number of ether oxygens (including phenoxy) is 1. The molecule has 0 saturated heterocycles. The van der Waals surface area contributed by atoms with Gasteiger partial charge in [0.2, 0.25) is 0 Å². The summed E-state index contributed by atoms with van der Waals surface area (Å²) in [4.78, 5) is 9.18. The number of aromatic nitrogens is 3. The van der Waals surface area contributed by atoms with E-state index in [1.54, 1.807) is 13.2 Å². The molecule has 0 bridgehead atoms. The molecule has 0 N–H and O–H groups in total. The zero-order valence-corrected chi connectivity index (χ0v) is 13.7. The van der Waals surface area contributed by atoms with Crippen LogP contribution in [0.15, 0.2) is 42.5 Å². The van der Waals surface area contributed by atoms with E-state index in [4.69, 9.17) is 9.72 Å². The third-order valence-corrected chi connectivity index (χ3v) is 4.23. The molecule has 2 heterocycles. The fraction of sp³-hybridized carbons (Fsp3) is 0.158. The summed E-state index contributed by atoms with van der Waals surface area (Å²) in [6.07, 6.45) is 0. The second-order valence-electron chi connectivity index (χ2n) is 5.71. The molecule has 0 aliphatic carbocycles. The second-order valence-corrected chi connectivity index (χ2v) is 5.71. The number of hydrogen-bond donors (Lipinski definition) is 0. The third-order valence-electron chi connectivity index (χ3n) is 4.23. The zero-order valence-electron chi connectivity index (χ0n) is 13.7. The summed E-state index contributed by atoms with van der Waals surface area (Å²) in [5.41, 5.74) is 4.40. The Balaban J connectivity index is 2.22. The van der Waals surface area contributed by atoms with Gasteiger partial charge in [-0.25, -0.2) is 14.4 Å². The summed E-state index contributed by atoms with van der Waals surface area (Å²) >= 11 is 0. The molecule has 4 nitrogen and oxygen atoms in total. The van der Waals surface area contributed by atoms with Gasteiger partial charge in [0.1, 0.15) is 17.1 Å². The lowest BCUT2D eigenvalue weighted by Gasteiger charge is -2.11. The Labute approximate surface area is 138 Å². The lowest BCUT2D eigenvalue weighted by molar-refractivity contribution is 0.416. The molecule has 0 saturated carbocycles. The molecule has 0 fully saturated rings. The average Bonchev–Trinajstić information content (AvgIpc) is 2.94. The summed E-state index contributed by atoms with van der Waals surface area (Å²) in [6.45, 7) is 3.82. The van der Waals surface area contributed by atoms with Crippen LogP contribution in [0.2, 0.25) is 0 Å². The average molecular weight is 321 g/mol. The number of nitrogens with zero attached hydrogens (tertiary/aromatic N) is 3. The Hall–Kier alpha value is -2.95. The summed E-state index contributed by atoms with van der Waals surface area (Å²) in [5.74, 6) is 1.11.